The van der Waals surface area contributed by atoms with Gasteiger partial charge in [-0.05, 0) is 43.0 Å². The number of carbonyl (C=O) groups is 1. The predicted octanol–water partition coefficient (Wildman–Crippen LogP) is 4.69. The van der Waals surface area contributed by atoms with Crippen LogP contribution in [0.25, 0.3) is 0 Å². The fourth-order valence-corrected chi connectivity index (χ4v) is 3.39. The van der Waals surface area contributed by atoms with E-state index in [1.807, 2.05) is 43.4 Å². The molecular weight excluding hydrogens is 355 g/mol. The zero-order chi connectivity index (χ0) is 18.6. The maximum atomic E-state index is 12.4. The van der Waals surface area contributed by atoms with Crippen molar-refractivity contribution in [2.75, 3.05) is 11.9 Å². The Morgan fingerprint density at radius 2 is 1.84 bits per heavy atom. The smallest absolute Gasteiger partial charge is 0.279 e. The van der Waals surface area contributed by atoms with Crippen LogP contribution in [0.4, 0.5) is 5.69 Å². The molecule has 0 unspecified atom stereocenters. The molecule has 3 N–H and O–H groups in total. The van der Waals surface area contributed by atoms with Gasteiger partial charge in [-0.15, -0.1) is 0 Å². The topological polar surface area (TPSA) is 45.7 Å². The van der Waals surface area contributed by atoms with Crippen LogP contribution >= 0.6 is 23.2 Å². The quantitative estimate of drug-likeness (QED) is 0.751. The first-order chi connectivity index (χ1) is 11.8. The summed E-state index contributed by atoms with van der Waals surface area (Å²) in [5.41, 5.74) is 4.13. The van der Waals surface area contributed by atoms with Crippen molar-refractivity contribution in [2.45, 2.75) is 39.7 Å². The molecule has 2 aromatic carbocycles. The lowest BCUT2D eigenvalue weighted by molar-refractivity contribution is -0.682. The molecule has 0 heterocycles. The molecule has 0 radical (unpaired) electrons. The Balaban J connectivity index is 2.02. The summed E-state index contributed by atoms with van der Waals surface area (Å²) in [7, 11) is 0. The average molecular weight is 380 g/mol. The molecule has 134 valence electrons. The number of quaternary nitrogens is 1. The van der Waals surface area contributed by atoms with Gasteiger partial charge in [0, 0.05) is 16.3 Å². The molecule has 0 spiro atoms. The molecule has 2 rings (SSSR count). The van der Waals surface area contributed by atoms with E-state index in [4.69, 9.17) is 23.2 Å². The summed E-state index contributed by atoms with van der Waals surface area (Å²) < 4.78 is 0. The molecule has 0 aliphatic heterocycles. The van der Waals surface area contributed by atoms with Crippen molar-refractivity contribution in [1.29, 1.82) is 0 Å². The van der Waals surface area contributed by atoms with Crippen molar-refractivity contribution in [3.05, 3.63) is 63.1 Å². The highest BCUT2D eigenvalue weighted by molar-refractivity contribution is 6.35. The minimum atomic E-state index is -0.0202. The number of hydrogen-bond donors (Lipinski definition) is 2. The van der Waals surface area contributed by atoms with Crippen molar-refractivity contribution < 1.29 is 10.1 Å². The second-order valence-corrected chi connectivity index (χ2v) is 7.48. The van der Waals surface area contributed by atoms with Crippen molar-refractivity contribution in [3.63, 3.8) is 0 Å². The molecule has 5 heteroatoms. The number of halogens is 2. The van der Waals surface area contributed by atoms with Crippen molar-refractivity contribution in [2.24, 2.45) is 0 Å². The Kier molecular flexibility index (Phi) is 6.88. The minimum Gasteiger partial charge on any atom is -0.332 e. The highest BCUT2D eigenvalue weighted by atomic mass is 35.5. The predicted molar refractivity (Wildman–Crippen MR) is 106 cm³/mol. The van der Waals surface area contributed by atoms with Gasteiger partial charge in [-0.2, -0.15) is 0 Å². The fourth-order valence-electron chi connectivity index (χ4n) is 2.81. The van der Waals surface area contributed by atoms with Gasteiger partial charge in [0.1, 0.15) is 6.04 Å². The Hall–Kier alpha value is -1.55. The fraction of sp³-hybridized carbons (Fsp3) is 0.350. The van der Waals surface area contributed by atoms with E-state index >= 15 is 0 Å². The van der Waals surface area contributed by atoms with Crippen LogP contribution < -0.4 is 10.6 Å². The van der Waals surface area contributed by atoms with Gasteiger partial charge >= 0.3 is 0 Å². The highest BCUT2D eigenvalue weighted by Gasteiger charge is 2.17. The normalized spacial score (nSPS) is 12.3. The number of hydrogen-bond acceptors (Lipinski definition) is 1. The SMILES string of the molecule is Cc1cccc(C(C)C)c1NC(=O)C[NH2+][C@@H](C)c1ccc(Cl)cc1Cl. The van der Waals surface area contributed by atoms with Gasteiger partial charge in [-0.3, -0.25) is 4.79 Å². The lowest BCUT2D eigenvalue weighted by Gasteiger charge is -2.17. The molecule has 1 amide bonds. The first-order valence-electron chi connectivity index (χ1n) is 8.47. The minimum absolute atomic E-state index is 0.0202. The second kappa shape index (κ2) is 8.70. The third-order valence-electron chi connectivity index (χ3n) is 4.30. The van der Waals surface area contributed by atoms with Crippen molar-refractivity contribution >= 4 is 34.8 Å². The third-order valence-corrected chi connectivity index (χ3v) is 4.86. The first-order valence-corrected chi connectivity index (χ1v) is 9.22. The standard InChI is InChI=1S/C20H24Cl2N2O/c1-12(2)16-7-5-6-13(3)20(16)24-19(25)11-23-14(4)17-9-8-15(21)10-18(17)22/h5-10,12,14,23H,11H2,1-4H3,(H,24,25)/p+1/t14-/m0/s1. The molecule has 0 aliphatic carbocycles. The number of amides is 1. The largest absolute Gasteiger partial charge is 0.332 e. The number of anilines is 1. The van der Waals surface area contributed by atoms with Crippen LogP contribution in [-0.4, -0.2) is 12.5 Å². The molecule has 2 aromatic rings. The third kappa shape index (κ3) is 5.21. The molecule has 1 atom stereocenters. The summed E-state index contributed by atoms with van der Waals surface area (Å²) in [5.74, 6) is 0.333. The molecular formula is C20H25Cl2N2O+. The number of nitrogens with one attached hydrogen (secondary N) is 1. The maximum Gasteiger partial charge on any atom is 0.279 e. The summed E-state index contributed by atoms with van der Waals surface area (Å²) >= 11 is 12.2. The van der Waals surface area contributed by atoms with Gasteiger partial charge in [-0.1, -0.05) is 61.3 Å². The van der Waals surface area contributed by atoms with Gasteiger partial charge in [-0.25, -0.2) is 0 Å². The van der Waals surface area contributed by atoms with Gasteiger partial charge in [0.2, 0.25) is 0 Å². The molecule has 0 aliphatic rings. The summed E-state index contributed by atoms with van der Waals surface area (Å²) in [6.07, 6.45) is 0. The van der Waals surface area contributed by atoms with E-state index < -0.39 is 0 Å². The second-order valence-electron chi connectivity index (χ2n) is 6.64. The van der Waals surface area contributed by atoms with Gasteiger partial charge in [0.05, 0.1) is 5.02 Å². The average Bonchev–Trinajstić information content (AvgIpc) is 2.54. The van der Waals surface area contributed by atoms with Crippen LogP contribution in [0.1, 0.15) is 49.4 Å². The number of carbonyl (C=O) groups excluding carboxylic acids is 1. The van der Waals surface area contributed by atoms with Gasteiger partial charge < -0.3 is 10.6 Å². The van der Waals surface area contributed by atoms with Crippen LogP contribution in [0, 0.1) is 6.92 Å². The molecule has 3 nitrogen and oxygen atoms in total. The van der Waals surface area contributed by atoms with Crippen LogP contribution in [0.3, 0.4) is 0 Å². The number of aryl methyl sites for hydroxylation is 1. The van der Waals surface area contributed by atoms with E-state index in [1.54, 1.807) is 6.07 Å². The van der Waals surface area contributed by atoms with E-state index in [0.717, 1.165) is 22.4 Å². The molecule has 0 saturated heterocycles. The molecule has 25 heavy (non-hydrogen) atoms. The Labute approximate surface area is 159 Å². The van der Waals surface area contributed by atoms with E-state index in [1.165, 1.54) is 0 Å². The van der Waals surface area contributed by atoms with Gasteiger partial charge in [0.15, 0.2) is 6.54 Å². The summed E-state index contributed by atoms with van der Waals surface area (Å²) in [5, 5.41) is 6.27. The number of benzene rings is 2. The Bertz CT molecular complexity index is 759. The summed E-state index contributed by atoms with van der Waals surface area (Å²) in [6.45, 7) is 8.62. The van der Waals surface area contributed by atoms with Crippen LogP contribution in [0.15, 0.2) is 36.4 Å². The van der Waals surface area contributed by atoms with Crippen molar-refractivity contribution in [1.82, 2.24) is 0 Å². The van der Waals surface area contributed by atoms with Gasteiger partial charge in [0.25, 0.3) is 5.91 Å². The van der Waals surface area contributed by atoms with Crippen LogP contribution in [-0.2, 0) is 4.79 Å². The maximum absolute atomic E-state index is 12.4. The van der Waals surface area contributed by atoms with E-state index in [0.29, 0.717) is 22.5 Å². The summed E-state index contributed by atoms with van der Waals surface area (Å²) in [6, 6.07) is 11.6. The number of para-hydroxylation sites is 1. The zero-order valence-corrected chi connectivity index (χ0v) is 16.6. The first kappa shape index (κ1) is 19.8. The summed E-state index contributed by atoms with van der Waals surface area (Å²) in [4.78, 5) is 12.4. The van der Waals surface area contributed by atoms with Crippen LogP contribution in [0.2, 0.25) is 10.0 Å². The molecule has 0 fully saturated rings. The zero-order valence-electron chi connectivity index (χ0n) is 15.1. The lowest BCUT2D eigenvalue weighted by atomic mass is 9.98. The molecule has 0 saturated carbocycles. The monoisotopic (exact) mass is 379 g/mol. The number of rotatable bonds is 6. The van der Waals surface area contributed by atoms with E-state index in [2.05, 4.69) is 25.2 Å². The van der Waals surface area contributed by atoms with E-state index in [-0.39, 0.29) is 11.9 Å². The molecule has 0 bridgehead atoms. The highest BCUT2D eigenvalue weighted by Crippen LogP contribution is 2.27. The van der Waals surface area contributed by atoms with Crippen LogP contribution in [0.5, 0.6) is 0 Å². The molecule has 0 aromatic heterocycles. The van der Waals surface area contributed by atoms with Crippen molar-refractivity contribution in [3.8, 4) is 0 Å². The Morgan fingerprint density at radius 3 is 2.48 bits per heavy atom. The van der Waals surface area contributed by atoms with E-state index in [9.17, 15) is 4.79 Å². The number of nitrogens with two attached hydrogens (primary N) is 1. The Morgan fingerprint density at radius 1 is 1.12 bits per heavy atom. The lowest BCUT2D eigenvalue weighted by Crippen LogP contribution is -2.86.